The first-order valence-corrected chi connectivity index (χ1v) is 5.71. The third kappa shape index (κ3) is 4.93. The van der Waals surface area contributed by atoms with Gasteiger partial charge in [0.25, 0.3) is 5.69 Å². The third-order valence-corrected chi connectivity index (χ3v) is 2.56. The normalized spacial score (nSPS) is 12.4. The van der Waals surface area contributed by atoms with Crippen molar-refractivity contribution >= 4 is 5.69 Å². The molecule has 5 nitrogen and oxygen atoms in total. The van der Waals surface area contributed by atoms with E-state index in [2.05, 4.69) is 5.32 Å². The summed E-state index contributed by atoms with van der Waals surface area (Å²) >= 11 is 0. The average molecular weight is 238 g/mol. The number of benzene rings is 1. The summed E-state index contributed by atoms with van der Waals surface area (Å²) in [5, 5.41) is 22.4. The van der Waals surface area contributed by atoms with Crippen molar-refractivity contribution in [3.05, 3.63) is 39.9 Å². The Kier molecular flexibility index (Phi) is 5.59. The molecule has 0 spiro atoms. The van der Waals surface area contributed by atoms with Crippen LogP contribution in [0.1, 0.15) is 18.9 Å². The van der Waals surface area contributed by atoms with E-state index in [1.165, 1.54) is 12.1 Å². The maximum absolute atomic E-state index is 10.5. The number of hydrogen-bond donors (Lipinski definition) is 2. The summed E-state index contributed by atoms with van der Waals surface area (Å²) in [6, 6.07) is 6.74. The van der Waals surface area contributed by atoms with Crippen molar-refractivity contribution in [1.82, 2.24) is 5.32 Å². The summed E-state index contributed by atoms with van der Waals surface area (Å²) in [6.07, 6.45) is 1.82. The number of nitro groups is 1. The van der Waals surface area contributed by atoms with Gasteiger partial charge in [0.1, 0.15) is 0 Å². The van der Waals surface area contributed by atoms with Gasteiger partial charge in [0.2, 0.25) is 0 Å². The molecule has 0 aromatic heterocycles. The van der Waals surface area contributed by atoms with Crippen LogP contribution < -0.4 is 5.32 Å². The first-order valence-electron chi connectivity index (χ1n) is 5.71. The van der Waals surface area contributed by atoms with Crippen molar-refractivity contribution in [2.24, 2.45) is 0 Å². The molecule has 1 atom stereocenters. The summed E-state index contributed by atoms with van der Waals surface area (Å²) in [7, 11) is 0. The first-order chi connectivity index (χ1) is 8.13. The highest BCUT2D eigenvalue weighted by molar-refractivity contribution is 5.32. The predicted octanol–water partition coefficient (Wildman–Crippen LogP) is 1.50. The number of aryl methyl sites for hydroxylation is 1. The van der Waals surface area contributed by atoms with Crippen molar-refractivity contribution in [3.63, 3.8) is 0 Å². The van der Waals surface area contributed by atoms with E-state index in [1.54, 1.807) is 12.1 Å². The summed E-state index contributed by atoms with van der Waals surface area (Å²) in [5.74, 6) is 0. The number of non-ortho nitro benzene ring substituents is 1. The molecule has 0 radical (unpaired) electrons. The van der Waals surface area contributed by atoms with Crippen LogP contribution in [-0.2, 0) is 6.42 Å². The van der Waals surface area contributed by atoms with Crippen LogP contribution in [0.25, 0.3) is 0 Å². The monoisotopic (exact) mass is 238 g/mol. The van der Waals surface area contributed by atoms with Crippen LogP contribution >= 0.6 is 0 Å². The molecule has 0 amide bonds. The van der Waals surface area contributed by atoms with Gasteiger partial charge < -0.3 is 10.4 Å². The van der Waals surface area contributed by atoms with Crippen LogP contribution in [0.3, 0.4) is 0 Å². The Balaban J connectivity index is 2.30. The van der Waals surface area contributed by atoms with Crippen molar-refractivity contribution in [2.45, 2.75) is 25.8 Å². The lowest BCUT2D eigenvalue weighted by Gasteiger charge is -2.09. The maximum atomic E-state index is 10.5. The topological polar surface area (TPSA) is 75.4 Å². The molecule has 1 aromatic carbocycles. The van der Waals surface area contributed by atoms with Crippen LogP contribution in [-0.4, -0.2) is 29.2 Å². The van der Waals surface area contributed by atoms with Gasteiger partial charge >= 0.3 is 0 Å². The number of aliphatic hydroxyl groups excluding tert-OH is 1. The molecule has 0 saturated heterocycles. The van der Waals surface area contributed by atoms with Gasteiger partial charge in [-0.15, -0.1) is 0 Å². The molecule has 0 heterocycles. The second-order valence-electron chi connectivity index (χ2n) is 4.06. The van der Waals surface area contributed by atoms with Crippen LogP contribution in [0.15, 0.2) is 24.3 Å². The molecular weight excluding hydrogens is 220 g/mol. The van der Waals surface area contributed by atoms with Gasteiger partial charge in [0, 0.05) is 18.2 Å². The number of nitrogens with zero attached hydrogens (tertiary/aromatic N) is 1. The van der Waals surface area contributed by atoms with E-state index in [9.17, 15) is 10.1 Å². The van der Waals surface area contributed by atoms with E-state index < -0.39 is 4.92 Å². The molecular formula is C12H18N2O3. The fraction of sp³-hybridized carbons (Fsp3) is 0.500. The molecule has 1 aromatic rings. The molecule has 17 heavy (non-hydrogen) atoms. The number of nitrogens with one attached hydrogen (secondary N) is 1. The zero-order valence-electron chi connectivity index (χ0n) is 9.93. The predicted molar refractivity (Wildman–Crippen MR) is 66.0 cm³/mol. The quantitative estimate of drug-likeness (QED) is 0.429. The van der Waals surface area contributed by atoms with E-state index >= 15 is 0 Å². The van der Waals surface area contributed by atoms with Crippen LogP contribution in [0, 0.1) is 10.1 Å². The van der Waals surface area contributed by atoms with Crippen LogP contribution in [0.5, 0.6) is 0 Å². The van der Waals surface area contributed by atoms with Gasteiger partial charge in [0.05, 0.1) is 11.5 Å². The zero-order valence-corrected chi connectivity index (χ0v) is 9.93. The molecule has 0 saturated carbocycles. The van der Waals surface area contributed by atoms with Gasteiger partial charge in [0.15, 0.2) is 0 Å². The molecule has 0 aliphatic heterocycles. The molecule has 5 heteroatoms. The maximum Gasteiger partial charge on any atom is 0.269 e. The summed E-state index contributed by atoms with van der Waals surface area (Å²) in [6.45, 7) is 2.89. The number of rotatable bonds is 7. The fourth-order valence-corrected chi connectivity index (χ4v) is 1.49. The van der Waals surface area contributed by atoms with Gasteiger partial charge in [-0.1, -0.05) is 12.1 Å². The van der Waals surface area contributed by atoms with Gasteiger partial charge in [-0.25, -0.2) is 0 Å². The van der Waals surface area contributed by atoms with E-state index in [1.807, 2.05) is 6.92 Å². The number of hydrogen-bond acceptors (Lipinski definition) is 4. The van der Waals surface area contributed by atoms with Crippen LogP contribution in [0.2, 0.25) is 0 Å². The second kappa shape index (κ2) is 6.98. The molecule has 94 valence electrons. The molecule has 1 unspecified atom stereocenters. The largest absolute Gasteiger partial charge is 0.395 e. The molecule has 0 aliphatic rings. The Bertz CT molecular complexity index is 351. The lowest BCUT2D eigenvalue weighted by Crippen LogP contribution is -2.30. The average Bonchev–Trinajstić information content (AvgIpc) is 2.34. The van der Waals surface area contributed by atoms with E-state index in [4.69, 9.17) is 5.11 Å². The SMILES string of the molecule is CC(CO)NCCCc1ccc([N+](=O)[O-])cc1. The van der Waals surface area contributed by atoms with Crippen molar-refractivity contribution in [2.75, 3.05) is 13.2 Å². The molecule has 1 rings (SSSR count). The Morgan fingerprint density at radius 2 is 2.06 bits per heavy atom. The van der Waals surface area contributed by atoms with Gasteiger partial charge in [-0.3, -0.25) is 10.1 Å². The Morgan fingerprint density at radius 1 is 1.41 bits per heavy atom. The number of aliphatic hydroxyl groups is 1. The highest BCUT2D eigenvalue weighted by Gasteiger charge is 2.03. The summed E-state index contributed by atoms with van der Waals surface area (Å²) in [5.41, 5.74) is 1.22. The second-order valence-corrected chi connectivity index (χ2v) is 4.06. The first kappa shape index (κ1) is 13.6. The lowest BCUT2D eigenvalue weighted by molar-refractivity contribution is -0.384. The van der Waals surface area contributed by atoms with Crippen molar-refractivity contribution < 1.29 is 10.0 Å². The third-order valence-electron chi connectivity index (χ3n) is 2.56. The standard InChI is InChI=1S/C12H18N2O3/c1-10(9-15)13-8-2-3-11-4-6-12(7-5-11)14(16)17/h4-7,10,13,15H,2-3,8-9H2,1H3. The molecule has 2 N–H and O–H groups in total. The minimum atomic E-state index is -0.395. The Labute approximate surface area is 101 Å². The minimum Gasteiger partial charge on any atom is -0.395 e. The highest BCUT2D eigenvalue weighted by atomic mass is 16.6. The number of nitro benzene ring substituents is 1. The highest BCUT2D eigenvalue weighted by Crippen LogP contribution is 2.12. The van der Waals surface area contributed by atoms with Gasteiger partial charge in [-0.05, 0) is 31.9 Å². The lowest BCUT2D eigenvalue weighted by atomic mass is 10.1. The molecule has 0 bridgehead atoms. The van der Waals surface area contributed by atoms with Crippen molar-refractivity contribution in [1.29, 1.82) is 0 Å². The van der Waals surface area contributed by atoms with E-state index in [0.29, 0.717) is 0 Å². The van der Waals surface area contributed by atoms with Gasteiger partial charge in [-0.2, -0.15) is 0 Å². The summed E-state index contributed by atoms with van der Waals surface area (Å²) < 4.78 is 0. The van der Waals surface area contributed by atoms with Crippen molar-refractivity contribution in [3.8, 4) is 0 Å². The smallest absolute Gasteiger partial charge is 0.269 e. The molecule has 0 fully saturated rings. The minimum absolute atomic E-state index is 0.117. The van der Waals surface area contributed by atoms with E-state index in [-0.39, 0.29) is 18.3 Å². The zero-order chi connectivity index (χ0) is 12.7. The Morgan fingerprint density at radius 3 is 2.59 bits per heavy atom. The fourth-order valence-electron chi connectivity index (χ4n) is 1.49. The van der Waals surface area contributed by atoms with E-state index in [0.717, 1.165) is 24.9 Å². The Hall–Kier alpha value is -1.46. The summed E-state index contributed by atoms with van der Waals surface area (Å²) in [4.78, 5) is 10.1. The molecule has 0 aliphatic carbocycles. The van der Waals surface area contributed by atoms with Crippen LogP contribution in [0.4, 0.5) is 5.69 Å².